The van der Waals surface area contributed by atoms with Crippen LogP contribution in [0.15, 0.2) is 104 Å². The fourth-order valence-electron chi connectivity index (χ4n) is 7.49. The molecule has 0 spiro atoms. The Morgan fingerprint density at radius 2 is 1.56 bits per heavy atom. The van der Waals surface area contributed by atoms with Crippen molar-refractivity contribution in [2.45, 2.75) is 31.8 Å². The molecule has 3 aliphatic heterocycles. The number of aromatic nitrogens is 1. The van der Waals surface area contributed by atoms with Crippen LogP contribution in [-0.2, 0) is 13.0 Å². The first-order chi connectivity index (χ1) is 17.7. The van der Waals surface area contributed by atoms with E-state index in [4.69, 9.17) is 0 Å². The van der Waals surface area contributed by atoms with Crippen molar-refractivity contribution in [2.24, 2.45) is 11.8 Å². The molecule has 3 fully saturated rings. The molecule has 3 saturated heterocycles. The van der Waals surface area contributed by atoms with E-state index in [0.29, 0.717) is 12.0 Å². The van der Waals surface area contributed by atoms with Crippen molar-refractivity contribution >= 4 is 32.4 Å². The van der Waals surface area contributed by atoms with E-state index in [1.807, 2.05) is 6.20 Å². The smallest absolute Gasteiger partial charge is 0.106 e. The van der Waals surface area contributed by atoms with Crippen LogP contribution >= 0.6 is 0 Å². The maximum absolute atomic E-state index is 4.64. The topological polar surface area (TPSA) is 12.9 Å². The maximum Gasteiger partial charge on any atom is 0.106 e. The third-order valence-corrected chi connectivity index (χ3v) is 9.33. The Morgan fingerprint density at radius 3 is 2.31 bits per heavy atom. The van der Waals surface area contributed by atoms with Crippen LogP contribution < -0.4 is 0 Å². The Balaban J connectivity index is 1.36. The number of para-hydroxylation sites is 1. The molecule has 4 atom stereocenters. The molecule has 36 heavy (non-hydrogen) atoms. The molecule has 1 unspecified atom stereocenters. The molecule has 0 amide bonds. The van der Waals surface area contributed by atoms with Crippen molar-refractivity contribution in [3.63, 3.8) is 0 Å². The normalized spacial score (nSPS) is 25.5. The summed E-state index contributed by atoms with van der Waals surface area (Å²) < 4.78 is 1.17. The summed E-state index contributed by atoms with van der Waals surface area (Å²) in [5, 5.41) is 6.86. The van der Waals surface area contributed by atoms with Gasteiger partial charge in [0, 0.05) is 42.3 Å². The number of benzene rings is 4. The van der Waals surface area contributed by atoms with Crippen molar-refractivity contribution in [2.75, 3.05) is 13.1 Å². The van der Waals surface area contributed by atoms with Crippen LogP contribution in [-0.4, -0.2) is 28.6 Å². The zero-order valence-electron chi connectivity index (χ0n) is 20.8. The monoisotopic (exact) mass is 469 g/mol. The maximum atomic E-state index is 4.64. The van der Waals surface area contributed by atoms with Crippen LogP contribution in [0.5, 0.6) is 0 Å². The average Bonchev–Trinajstić information content (AvgIpc) is 2.93. The largest absolute Gasteiger partial charge is 0.317 e. The lowest BCUT2D eigenvalue weighted by Crippen LogP contribution is -2.66. The van der Waals surface area contributed by atoms with E-state index < -0.39 is 0 Å². The second-order valence-electron chi connectivity index (χ2n) is 11.1. The predicted molar refractivity (Wildman–Crippen MR) is 151 cm³/mol. The molecule has 0 radical (unpaired) electrons. The molecule has 5 aromatic rings. The third kappa shape index (κ3) is 3.47. The highest BCUT2D eigenvalue weighted by Crippen LogP contribution is 2.46. The number of rotatable bonds is 5. The molecular weight excluding hydrogens is 436 g/mol. The number of quaternary nitrogens is 1. The minimum absolute atomic E-state index is 0.614. The number of hydrogen-bond donors (Lipinski definition) is 0. The van der Waals surface area contributed by atoms with Gasteiger partial charge in [-0.1, -0.05) is 72.8 Å². The number of fused-ring (bicyclic) bond motifs is 6. The molecule has 4 heterocycles. The van der Waals surface area contributed by atoms with E-state index in [0.717, 1.165) is 24.4 Å². The molecule has 8 rings (SSSR count). The zero-order chi connectivity index (χ0) is 24.1. The highest BCUT2D eigenvalue weighted by atomic mass is 15.4. The first-order valence-electron chi connectivity index (χ1n) is 13.4. The van der Waals surface area contributed by atoms with E-state index >= 15 is 0 Å². The molecule has 0 aliphatic carbocycles. The van der Waals surface area contributed by atoms with Crippen molar-refractivity contribution in [1.29, 1.82) is 0 Å². The number of pyridine rings is 1. The number of nitrogens with zero attached hydrogens (tertiary/aromatic N) is 2. The van der Waals surface area contributed by atoms with Crippen LogP contribution in [0, 0.1) is 11.8 Å². The Morgan fingerprint density at radius 1 is 0.861 bits per heavy atom. The van der Waals surface area contributed by atoms with Gasteiger partial charge in [0.05, 0.1) is 24.6 Å². The van der Waals surface area contributed by atoms with Crippen molar-refractivity contribution in [3.05, 3.63) is 115 Å². The molecule has 1 aromatic heterocycles. The van der Waals surface area contributed by atoms with Crippen LogP contribution in [0.1, 0.15) is 24.0 Å². The standard InChI is InChI=1S/C34H33N2/c1-2-24-22-36(23-33-30-11-5-3-9-26(30)19-27-10-4-6-12-31(27)33)18-16-25(24)20-29(36)21-28-15-17-35-34-14-8-7-13-32(28)34/h2-15,17,19,24-25,29H,1,16,18,20-23H2/q+1/t24-,25-,29-,36?/m0/s1. The zero-order valence-corrected chi connectivity index (χ0v) is 20.8. The van der Waals surface area contributed by atoms with Gasteiger partial charge in [0.15, 0.2) is 0 Å². The first-order valence-corrected chi connectivity index (χ1v) is 13.4. The molecule has 178 valence electrons. The van der Waals surface area contributed by atoms with E-state index in [1.165, 1.54) is 68.5 Å². The summed E-state index contributed by atoms with van der Waals surface area (Å²) in [6.07, 6.45) is 7.98. The third-order valence-electron chi connectivity index (χ3n) is 9.33. The molecule has 4 aromatic carbocycles. The minimum atomic E-state index is 0.614. The van der Waals surface area contributed by atoms with Crippen molar-refractivity contribution < 1.29 is 4.48 Å². The highest BCUT2D eigenvalue weighted by molar-refractivity contribution is 6.02. The average molecular weight is 470 g/mol. The van der Waals surface area contributed by atoms with Gasteiger partial charge in [0.25, 0.3) is 0 Å². The Kier molecular flexibility index (Phi) is 5.18. The lowest BCUT2D eigenvalue weighted by atomic mass is 9.71. The van der Waals surface area contributed by atoms with E-state index in [-0.39, 0.29) is 0 Å². The Labute approximate surface area is 213 Å². The van der Waals surface area contributed by atoms with Gasteiger partial charge < -0.3 is 4.48 Å². The second-order valence-corrected chi connectivity index (χ2v) is 11.1. The van der Waals surface area contributed by atoms with Crippen LogP contribution in [0.3, 0.4) is 0 Å². The van der Waals surface area contributed by atoms with Gasteiger partial charge in [-0.2, -0.15) is 0 Å². The fourth-order valence-corrected chi connectivity index (χ4v) is 7.49. The van der Waals surface area contributed by atoms with Gasteiger partial charge in [-0.05, 0) is 51.2 Å². The van der Waals surface area contributed by atoms with Crippen LogP contribution in [0.2, 0.25) is 0 Å². The van der Waals surface area contributed by atoms with E-state index in [2.05, 4.69) is 103 Å². The quantitative estimate of drug-likeness (QED) is 0.146. The fraction of sp³-hybridized carbons (Fsp3) is 0.265. The molecule has 0 N–H and O–H groups in total. The number of hydrogen-bond acceptors (Lipinski definition) is 1. The minimum Gasteiger partial charge on any atom is -0.317 e. The predicted octanol–water partition coefficient (Wildman–Crippen LogP) is 7.70. The lowest BCUT2D eigenvalue weighted by molar-refractivity contribution is -0.980. The second kappa shape index (κ2) is 8.57. The van der Waals surface area contributed by atoms with Crippen molar-refractivity contribution in [3.8, 4) is 0 Å². The SMILES string of the molecule is C=C[C@H]1C[N+]2(Cc3c4ccccc4cc4ccccc34)CC[C@H]1C[C@H]2Cc1ccnc2ccccc12. The molecular formula is C34H33N2+. The van der Waals surface area contributed by atoms with Crippen molar-refractivity contribution in [1.82, 2.24) is 4.98 Å². The molecule has 2 bridgehead atoms. The number of piperidine rings is 3. The van der Waals surface area contributed by atoms with Gasteiger partial charge >= 0.3 is 0 Å². The molecule has 3 aliphatic rings. The van der Waals surface area contributed by atoms with E-state index in [1.54, 1.807) is 0 Å². The summed E-state index contributed by atoms with van der Waals surface area (Å²) in [7, 11) is 0. The Bertz CT molecular complexity index is 1540. The van der Waals surface area contributed by atoms with Crippen LogP contribution in [0.25, 0.3) is 32.4 Å². The van der Waals surface area contributed by atoms with Gasteiger partial charge in [-0.15, -0.1) is 6.58 Å². The van der Waals surface area contributed by atoms with Gasteiger partial charge in [-0.25, -0.2) is 0 Å². The summed E-state index contributed by atoms with van der Waals surface area (Å²) in [5.41, 5.74) is 4.09. The van der Waals surface area contributed by atoms with Gasteiger partial charge in [0.2, 0.25) is 0 Å². The summed E-state index contributed by atoms with van der Waals surface area (Å²) in [5.74, 6) is 1.38. The van der Waals surface area contributed by atoms with Crippen LogP contribution in [0.4, 0.5) is 0 Å². The summed E-state index contributed by atoms with van der Waals surface area (Å²) >= 11 is 0. The first kappa shape index (κ1) is 21.8. The molecule has 2 heteroatoms. The molecule has 0 saturated carbocycles. The summed E-state index contributed by atoms with van der Waals surface area (Å²) in [6, 6.07) is 31.9. The van der Waals surface area contributed by atoms with Gasteiger partial charge in [-0.3, -0.25) is 4.98 Å². The van der Waals surface area contributed by atoms with Gasteiger partial charge in [0.1, 0.15) is 6.54 Å². The summed E-state index contributed by atoms with van der Waals surface area (Å²) in [6.45, 7) is 7.83. The summed E-state index contributed by atoms with van der Waals surface area (Å²) in [4.78, 5) is 4.64. The van der Waals surface area contributed by atoms with E-state index in [9.17, 15) is 0 Å². The lowest BCUT2D eigenvalue weighted by Gasteiger charge is -2.57. The molecule has 2 nitrogen and oxygen atoms in total. The Hall–Kier alpha value is -3.49. The highest BCUT2D eigenvalue weighted by Gasteiger charge is 2.51.